The highest BCUT2D eigenvalue weighted by molar-refractivity contribution is 5.85. The Kier molecular flexibility index (Phi) is 3.68. The van der Waals surface area contributed by atoms with E-state index in [1.54, 1.807) is 0 Å². The Morgan fingerprint density at radius 2 is 2.20 bits per heavy atom. The Hall–Kier alpha value is -0.280. The first kappa shape index (κ1) is 9.72. The fraction of sp³-hybridized carbons (Fsp3) is 0.833. The van der Waals surface area contributed by atoms with Crippen LogP contribution >= 0.6 is 12.4 Å². The molecule has 0 amide bonds. The third-order valence-corrected chi connectivity index (χ3v) is 1.64. The number of carbonyl (C=O) groups is 1. The van der Waals surface area contributed by atoms with Gasteiger partial charge in [0.05, 0.1) is 6.42 Å². The molecular formula is C6H12ClNO2. The first-order valence-electron chi connectivity index (χ1n) is 3.17. The summed E-state index contributed by atoms with van der Waals surface area (Å²) in [5, 5.41) is 8.28. The SMILES string of the molecule is Cl.N[C@@H](CC(=O)O)C1CC1. The van der Waals surface area contributed by atoms with Gasteiger partial charge < -0.3 is 10.8 Å². The quantitative estimate of drug-likeness (QED) is 0.645. The van der Waals surface area contributed by atoms with Crippen molar-refractivity contribution in [3.8, 4) is 0 Å². The molecule has 4 heteroatoms. The number of nitrogens with two attached hydrogens (primary N) is 1. The highest BCUT2D eigenvalue weighted by Crippen LogP contribution is 2.32. The summed E-state index contributed by atoms with van der Waals surface area (Å²) >= 11 is 0. The van der Waals surface area contributed by atoms with E-state index >= 15 is 0 Å². The number of hydrogen-bond acceptors (Lipinski definition) is 2. The van der Waals surface area contributed by atoms with Crippen LogP contribution in [0.2, 0.25) is 0 Å². The minimum atomic E-state index is -0.783. The van der Waals surface area contributed by atoms with E-state index in [9.17, 15) is 4.79 Å². The van der Waals surface area contributed by atoms with E-state index in [4.69, 9.17) is 10.8 Å². The van der Waals surface area contributed by atoms with Crippen LogP contribution in [-0.2, 0) is 4.79 Å². The van der Waals surface area contributed by atoms with Gasteiger partial charge >= 0.3 is 5.97 Å². The van der Waals surface area contributed by atoms with Gasteiger partial charge in [0.2, 0.25) is 0 Å². The Morgan fingerprint density at radius 3 is 2.50 bits per heavy atom. The van der Waals surface area contributed by atoms with Crippen molar-refractivity contribution in [2.45, 2.75) is 25.3 Å². The Balaban J connectivity index is 0.000000810. The van der Waals surface area contributed by atoms with E-state index < -0.39 is 5.97 Å². The molecule has 1 aliphatic carbocycles. The molecule has 1 aliphatic rings. The molecule has 0 heterocycles. The summed E-state index contributed by atoms with van der Waals surface area (Å²) in [5.74, 6) is -0.282. The zero-order valence-corrected chi connectivity index (χ0v) is 6.43. The number of carboxylic acid groups (broad SMARTS) is 1. The second kappa shape index (κ2) is 3.78. The van der Waals surface area contributed by atoms with Crippen molar-refractivity contribution < 1.29 is 9.90 Å². The number of aliphatic carboxylic acids is 1. The van der Waals surface area contributed by atoms with Crippen molar-refractivity contribution in [3.05, 3.63) is 0 Å². The first-order chi connectivity index (χ1) is 4.20. The van der Waals surface area contributed by atoms with Gasteiger partial charge in [0.1, 0.15) is 0 Å². The van der Waals surface area contributed by atoms with Crippen molar-refractivity contribution in [3.63, 3.8) is 0 Å². The van der Waals surface area contributed by atoms with Gasteiger partial charge in [0.15, 0.2) is 0 Å². The second-order valence-corrected chi connectivity index (χ2v) is 2.60. The van der Waals surface area contributed by atoms with E-state index in [-0.39, 0.29) is 24.9 Å². The van der Waals surface area contributed by atoms with Crippen molar-refractivity contribution in [2.24, 2.45) is 11.7 Å². The minimum absolute atomic E-state index is 0. The molecule has 0 aromatic heterocycles. The Labute approximate surface area is 66.0 Å². The minimum Gasteiger partial charge on any atom is -0.481 e. The molecule has 10 heavy (non-hydrogen) atoms. The molecule has 3 nitrogen and oxygen atoms in total. The van der Waals surface area contributed by atoms with Gasteiger partial charge in [0.25, 0.3) is 0 Å². The topological polar surface area (TPSA) is 63.3 Å². The molecule has 1 rings (SSSR count). The molecular weight excluding hydrogens is 154 g/mol. The van der Waals surface area contributed by atoms with E-state index in [0.717, 1.165) is 12.8 Å². The Bertz CT molecular complexity index is 125. The smallest absolute Gasteiger partial charge is 0.304 e. The standard InChI is InChI=1S/C6H11NO2.ClH/c7-5(3-6(8)9)4-1-2-4;/h4-5H,1-3,7H2,(H,8,9);1H/t5-;/m0./s1. The fourth-order valence-corrected chi connectivity index (χ4v) is 0.893. The molecule has 0 unspecified atom stereocenters. The van der Waals surface area contributed by atoms with Crippen LogP contribution in [-0.4, -0.2) is 17.1 Å². The molecule has 60 valence electrons. The zero-order chi connectivity index (χ0) is 6.85. The van der Waals surface area contributed by atoms with Gasteiger partial charge in [-0.3, -0.25) is 4.79 Å². The number of rotatable bonds is 3. The highest BCUT2D eigenvalue weighted by Gasteiger charge is 2.29. The van der Waals surface area contributed by atoms with Gasteiger partial charge in [-0.25, -0.2) is 0 Å². The van der Waals surface area contributed by atoms with Crippen molar-refractivity contribution >= 4 is 18.4 Å². The molecule has 0 radical (unpaired) electrons. The maximum Gasteiger partial charge on any atom is 0.304 e. The lowest BCUT2D eigenvalue weighted by Gasteiger charge is -2.03. The van der Waals surface area contributed by atoms with E-state index in [1.807, 2.05) is 0 Å². The monoisotopic (exact) mass is 165 g/mol. The van der Waals surface area contributed by atoms with Crippen LogP contribution in [0, 0.1) is 5.92 Å². The lowest BCUT2D eigenvalue weighted by atomic mass is 10.1. The van der Waals surface area contributed by atoms with Crippen LogP contribution in [0.25, 0.3) is 0 Å². The van der Waals surface area contributed by atoms with Gasteiger partial charge in [-0.15, -0.1) is 12.4 Å². The lowest BCUT2D eigenvalue weighted by molar-refractivity contribution is -0.137. The fourth-order valence-electron chi connectivity index (χ4n) is 0.893. The highest BCUT2D eigenvalue weighted by atomic mass is 35.5. The van der Waals surface area contributed by atoms with Gasteiger partial charge in [0, 0.05) is 6.04 Å². The van der Waals surface area contributed by atoms with Crippen molar-refractivity contribution in [1.29, 1.82) is 0 Å². The number of carboxylic acids is 1. The molecule has 1 atom stereocenters. The van der Waals surface area contributed by atoms with Crippen molar-refractivity contribution in [1.82, 2.24) is 0 Å². The van der Waals surface area contributed by atoms with Crippen LogP contribution in [0.1, 0.15) is 19.3 Å². The molecule has 0 aromatic carbocycles. The average Bonchev–Trinajstić information content (AvgIpc) is 2.40. The predicted molar refractivity (Wildman–Crippen MR) is 40.2 cm³/mol. The number of hydrogen-bond donors (Lipinski definition) is 2. The van der Waals surface area contributed by atoms with E-state index in [2.05, 4.69) is 0 Å². The third kappa shape index (κ3) is 3.03. The normalized spacial score (nSPS) is 19.3. The zero-order valence-electron chi connectivity index (χ0n) is 5.62. The lowest BCUT2D eigenvalue weighted by Crippen LogP contribution is -2.25. The van der Waals surface area contributed by atoms with Crippen LogP contribution < -0.4 is 5.73 Å². The summed E-state index contributed by atoms with van der Waals surface area (Å²) in [5.41, 5.74) is 5.50. The first-order valence-corrected chi connectivity index (χ1v) is 3.17. The van der Waals surface area contributed by atoms with Crippen LogP contribution in [0.15, 0.2) is 0 Å². The van der Waals surface area contributed by atoms with Gasteiger partial charge in [-0.05, 0) is 18.8 Å². The molecule has 3 N–H and O–H groups in total. The predicted octanol–water partition coefficient (Wildman–Crippen LogP) is 0.620. The summed E-state index contributed by atoms with van der Waals surface area (Å²) in [6.45, 7) is 0. The third-order valence-electron chi connectivity index (χ3n) is 1.64. The summed E-state index contributed by atoms with van der Waals surface area (Å²) in [6, 6.07) is -0.0949. The van der Waals surface area contributed by atoms with Crippen LogP contribution in [0.3, 0.4) is 0 Å². The number of halogens is 1. The summed E-state index contributed by atoms with van der Waals surface area (Å²) in [6.07, 6.45) is 2.37. The molecule has 0 saturated heterocycles. The molecule has 1 fully saturated rings. The van der Waals surface area contributed by atoms with Gasteiger partial charge in [-0.1, -0.05) is 0 Å². The Morgan fingerprint density at radius 1 is 1.70 bits per heavy atom. The largest absolute Gasteiger partial charge is 0.481 e. The molecule has 0 aromatic rings. The van der Waals surface area contributed by atoms with Crippen LogP contribution in [0.4, 0.5) is 0 Å². The van der Waals surface area contributed by atoms with E-state index in [0.29, 0.717) is 5.92 Å². The second-order valence-electron chi connectivity index (χ2n) is 2.60. The molecule has 0 spiro atoms. The van der Waals surface area contributed by atoms with Crippen molar-refractivity contribution in [2.75, 3.05) is 0 Å². The summed E-state index contributed by atoms with van der Waals surface area (Å²) < 4.78 is 0. The summed E-state index contributed by atoms with van der Waals surface area (Å²) in [7, 11) is 0. The molecule has 0 bridgehead atoms. The molecule has 1 saturated carbocycles. The summed E-state index contributed by atoms with van der Waals surface area (Å²) in [4.78, 5) is 10.1. The maximum absolute atomic E-state index is 10.1. The molecule has 0 aliphatic heterocycles. The van der Waals surface area contributed by atoms with Crippen LogP contribution in [0.5, 0.6) is 0 Å². The maximum atomic E-state index is 10.1. The average molecular weight is 166 g/mol. The van der Waals surface area contributed by atoms with Gasteiger partial charge in [-0.2, -0.15) is 0 Å². The van der Waals surface area contributed by atoms with E-state index in [1.165, 1.54) is 0 Å².